The van der Waals surface area contributed by atoms with E-state index in [0.717, 1.165) is 16.5 Å². The maximum Gasteiger partial charge on any atom is 0.244 e. The van der Waals surface area contributed by atoms with Crippen LogP contribution >= 0.6 is 0 Å². The van der Waals surface area contributed by atoms with E-state index in [4.69, 9.17) is 0 Å². The van der Waals surface area contributed by atoms with E-state index < -0.39 is 5.60 Å². The van der Waals surface area contributed by atoms with E-state index in [9.17, 15) is 9.90 Å². The van der Waals surface area contributed by atoms with Crippen molar-refractivity contribution in [3.63, 3.8) is 0 Å². The van der Waals surface area contributed by atoms with Crippen LogP contribution in [0.2, 0.25) is 0 Å². The molecular formula is C18H22N2O2. The van der Waals surface area contributed by atoms with E-state index in [-0.39, 0.29) is 12.5 Å². The van der Waals surface area contributed by atoms with Crippen LogP contribution in [0.4, 0.5) is 0 Å². The van der Waals surface area contributed by atoms with E-state index in [2.05, 4.69) is 10.3 Å². The van der Waals surface area contributed by atoms with Gasteiger partial charge in [0.25, 0.3) is 0 Å². The summed E-state index contributed by atoms with van der Waals surface area (Å²) < 4.78 is 0. The molecule has 0 fully saturated rings. The van der Waals surface area contributed by atoms with Gasteiger partial charge in [-0.15, -0.1) is 0 Å². The summed E-state index contributed by atoms with van der Waals surface area (Å²) in [4.78, 5) is 16.2. The number of aliphatic hydroxyl groups is 1. The molecule has 0 atom stereocenters. The van der Waals surface area contributed by atoms with Crippen molar-refractivity contribution in [2.24, 2.45) is 0 Å². The number of carbonyl (C=O) groups is 1. The number of fused-ring (bicyclic) bond motifs is 1. The Morgan fingerprint density at radius 1 is 1.27 bits per heavy atom. The number of hydrogen-bond donors (Lipinski definition) is 2. The molecule has 0 bridgehead atoms. The number of rotatable bonds is 6. The number of benzene rings is 1. The lowest BCUT2D eigenvalue weighted by Gasteiger charge is -2.24. The fourth-order valence-corrected chi connectivity index (χ4v) is 2.24. The molecule has 2 aromatic rings. The molecule has 1 aromatic carbocycles. The molecule has 0 aliphatic heterocycles. The summed E-state index contributed by atoms with van der Waals surface area (Å²) in [7, 11) is 0. The van der Waals surface area contributed by atoms with Gasteiger partial charge >= 0.3 is 0 Å². The highest BCUT2D eigenvalue weighted by molar-refractivity contribution is 5.95. The average Bonchev–Trinajstić information content (AvgIpc) is 2.57. The molecule has 0 unspecified atom stereocenters. The van der Waals surface area contributed by atoms with Gasteiger partial charge in [0.05, 0.1) is 11.1 Å². The van der Waals surface area contributed by atoms with Gasteiger partial charge in [0, 0.05) is 24.2 Å². The first kappa shape index (κ1) is 16.2. The van der Waals surface area contributed by atoms with Gasteiger partial charge < -0.3 is 10.4 Å². The van der Waals surface area contributed by atoms with Crippen LogP contribution in [0, 0.1) is 0 Å². The highest BCUT2D eigenvalue weighted by Gasteiger charge is 2.22. The van der Waals surface area contributed by atoms with Crippen molar-refractivity contribution in [2.75, 3.05) is 6.54 Å². The van der Waals surface area contributed by atoms with Gasteiger partial charge in [-0.05, 0) is 36.6 Å². The summed E-state index contributed by atoms with van der Waals surface area (Å²) in [5, 5.41) is 13.9. The van der Waals surface area contributed by atoms with Crippen molar-refractivity contribution in [3.8, 4) is 0 Å². The Morgan fingerprint density at radius 3 is 2.73 bits per heavy atom. The predicted octanol–water partition coefficient (Wildman–Crippen LogP) is 2.92. The number of pyridine rings is 1. The minimum absolute atomic E-state index is 0.207. The molecule has 116 valence electrons. The first-order chi connectivity index (χ1) is 10.6. The van der Waals surface area contributed by atoms with Gasteiger partial charge in [-0.2, -0.15) is 0 Å². The third-order valence-electron chi connectivity index (χ3n) is 4.00. The quantitative estimate of drug-likeness (QED) is 0.806. The average molecular weight is 298 g/mol. The number of hydrogen-bond acceptors (Lipinski definition) is 3. The number of carbonyl (C=O) groups excluding carboxylic acids is 1. The highest BCUT2D eigenvalue weighted by Crippen LogP contribution is 2.17. The first-order valence-corrected chi connectivity index (χ1v) is 7.60. The van der Waals surface area contributed by atoms with Crippen LogP contribution in [0.3, 0.4) is 0 Å². The minimum atomic E-state index is -0.827. The van der Waals surface area contributed by atoms with Crippen molar-refractivity contribution in [2.45, 2.75) is 32.3 Å². The molecule has 0 saturated heterocycles. The lowest BCUT2D eigenvalue weighted by molar-refractivity contribution is -0.117. The number of aromatic nitrogens is 1. The first-order valence-electron chi connectivity index (χ1n) is 7.60. The van der Waals surface area contributed by atoms with Gasteiger partial charge in [0.2, 0.25) is 5.91 Å². The minimum Gasteiger partial charge on any atom is -0.388 e. The van der Waals surface area contributed by atoms with Crippen LogP contribution in [0.1, 0.15) is 32.3 Å². The fourth-order valence-electron chi connectivity index (χ4n) is 2.24. The van der Waals surface area contributed by atoms with E-state index in [1.165, 1.54) is 6.08 Å². The second-order valence-corrected chi connectivity index (χ2v) is 5.40. The Bertz CT molecular complexity index is 670. The normalized spacial score (nSPS) is 12.0. The van der Waals surface area contributed by atoms with Crippen molar-refractivity contribution >= 4 is 22.9 Å². The van der Waals surface area contributed by atoms with E-state index >= 15 is 0 Å². The van der Waals surface area contributed by atoms with Crippen LogP contribution in [0.25, 0.3) is 17.0 Å². The van der Waals surface area contributed by atoms with Crippen molar-refractivity contribution in [1.82, 2.24) is 10.3 Å². The lowest BCUT2D eigenvalue weighted by Crippen LogP contribution is -2.41. The van der Waals surface area contributed by atoms with Crippen LogP contribution in [-0.2, 0) is 4.79 Å². The number of nitrogens with one attached hydrogen (secondary N) is 1. The molecule has 0 aliphatic rings. The van der Waals surface area contributed by atoms with Crippen LogP contribution in [-0.4, -0.2) is 28.1 Å². The number of para-hydroxylation sites is 1. The van der Waals surface area contributed by atoms with Crippen molar-refractivity contribution < 1.29 is 9.90 Å². The maximum atomic E-state index is 11.9. The zero-order valence-electron chi connectivity index (χ0n) is 13.0. The van der Waals surface area contributed by atoms with Gasteiger partial charge in [-0.1, -0.05) is 32.0 Å². The summed E-state index contributed by atoms with van der Waals surface area (Å²) in [6, 6.07) is 9.68. The maximum absolute atomic E-state index is 11.9. The Labute approximate surface area is 130 Å². The molecule has 22 heavy (non-hydrogen) atoms. The molecule has 0 aliphatic carbocycles. The van der Waals surface area contributed by atoms with Crippen LogP contribution in [0.15, 0.2) is 42.6 Å². The summed E-state index contributed by atoms with van der Waals surface area (Å²) >= 11 is 0. The Morgan fingerprint density at radius 2 is 2.00 bits per heavy atom. The molecule has 0 saturated carbocycles. The number of amides is 1. The summed E-state index contributed by atoms with van der Waals surface area (Å²) in [6.45, 7) is 4.09. The van der Waals surface area contributed by atoms with Gasteiger partial charge in [-0.3, -0.25) is 9.78 Å². The van der Waals surface area contributed by atoms with Gasteiger partial charge in [0.15, 0.2) is 0 Å². The highest BCUT2D eigenvalue weighted by atomic mass is 16.3. The summed E-state index contributed by atoms with van der Waals surface area (Å²) in [5.41, 5.74) is 1.02. The van der Waals surface area contributed by atoms with Crippen LogP contribution < -0.4 is 5.32 Å². The molecule has 2 N–H and O–H groups in total. The molecule has 1 heterocycles. The second-order valence-electron chi connectivity index (χ2n) is 5.40. The van der Waals surface area contributed by atoms with Crippen molar-refractivity contribution in [1.29, 1.82) is 0 Å². The van der Waals surface area contributed by atoms with E-state index in [0.29, 0.717) is 12.8 Å². The summed E-state index contributed by atoms with van der Waals surface area (Å²) in [5.74, 6) is -0.207. The zero-order chi connectivity index (χ0) is 16.0. The molecule has 2 rings (SSSR count). The molecule has 0 spiro atoms. The third kappa shape index (κ3) is 3.92. The monoisotopic (exact) mass is 298 g/mol. The standard InChI is InChI=1S/C18H22N2O2/c1-3-18(22,4-2)13-20-17(21)10-9-14-11-12-19-16-8-6-5-7-15(14)16/h5-12,22H,3-4,13H2,1-2H3,(H,20,21)/b10-9-. The van der Waals surface area contributed by atoms with Crippen molar-refractivity contribution in [3.05, 3.63) is 48.2 Å². The molecule has 1 amide bonds. The van der Waals surface area contributed by atoms with E-state index in [1.54, 1.807) is 12.3 Å². The Balaban J connectivity index is 2.06. The predicted molar refractivity (Wildman–Crippen MR) is 89.3 cm³/mol. The lowest BCUT2D eigenvalue weighted by atomic mass is 9.98. The third-order valence-corrected chi connectivity index (χ3v) is 4.00. The Kier molecular flexibility index (Phi) is 5.28. The van der Waals surface area contributed by atoms with Crippen LogP contribution in [0.5, 0.6) is 0 Å². The number of nitrogens with zero attached hydrogens (tertiary/aromatic N) is 1. The summed E-state index contributed by atoms with van der Waals surface area (Å²) in [6.07, 6.45) is 6.22. The molecule has 4 heteroatoms. The molecule has 4 nitrogen and oxygen atoms in total. The molecular weight excluding hydrogens is 276 g/mol. The fraction of sp³-hybridized carbons (Fsp3) is 0.333. The SMILES string of the molecule is CCC(O)(CC)CNC(=O)/C=C\c1ccnc2ccccc12. The molecule has 1 aromatic heterocycles. The largest absolute Gasteiger partial charge is 0.388 e. The van der Waals surface area contributed by atoms with E-state index in [1.807, 2.05) is 44.2 Å². The second kappa shape index (κ2) is 7.18. The molecule has 0 radical (unpaired) electrons. The topological polar surface area (TPSA) is 62.2 Å². The van der Waals surface area contributed by atoms with Gasteiger partial charge in [-0.25, -0.2) is 0 Å². The Hall–Kier alpha value is -2.20. The smallest absolute Gasteiger partial charge is 0.244 e. The van der Waals surface area contributed by atoms with Gasteiger partial charge in [0.1, 0.15) is 0 Å². The zero-order valence-corrected chi connectivity index (χ0v) is 13.0.